The number of phenolic OH excluding ortho intramolecular Hbond substituents is 1. The molecule has 1 heterocycles. The number of aryl methyl sites for hydroxylation is 1. The van der Waals surface area contributed by atoms with Crippen LogP contribution in [-0.2, 0) is 0 Å². The summed E-state index contributed by atoms with van der Waals surface area (Å²) in [6.45, 7) is 3.11. The largest absolute Gasteiger partial charge is 0.508 e. The number of rotatable bonds is 1. The molecule has 3 heteroatoms. The Bertz CT molecular complexity index is 725. The molecule has 0 amide bonds. The molecule has 1 aliphatic carbocycles. The fourth-order valence-electron chi connectivity index (χ4n) is 4.24. The van der Waals surface area contributed by atoms with Crippen LogP contribution in [0.1, 0.15) is 47.1 Å². The van der Waals surface area contributed by atoms with E-state index in [1.165, 1.54) is 29.5 Å². The molecule has 0 saturated carbocycles. The van der Waals surface area contributed by atoms with Gasteiger partial charge in [-0.25, -0.2) is 0 Å². The lowest BCUT2D eigenvalue weighted by Crippen LogP contribution is -2.32. The van der Waals surface area contributed by atoms with Crippen molar-refractivity contribution in [2.24, 2.45) is 5.92 Å². The molecule has 22 heavy (non-hydrogen) atoms. The summed E-state index contributed by atoms with van der Waals surface area (Å²) in [4.78, 5) is 0. The van der Waals surface area contributed by atoms with Crippen LogP contribution in [0.3, 0.4) is 0 Å². The Morgan fingerprint density at radius 1 is 1.14 bits per heavy atom. The van der Waals surface area contributed by atoms with Crippen molar-refractivity contribution in [3.05, 3.63) is 58.7 Å². The number of nitrogens with one attached hydrogen (secondary N) is 1. The molecule has 1 saturated heterocycles. The summed E-state index contributed by atoms with van der Waals surface area (Å²) in [6, 6.07) is 12.6. The van der Waals surface area contributed by atoms with Gasteiger partial charge in [0.2, 0.25) is 0 Å². The van der Waals surface area contributed by atoms with Crippen LogP contribution in [0.15, 0.2) is 36.4 Å². The zero-order valence-electron chi connectivity index (χ0n) is 12.8. The van der Waals surface area contributed by atoms with Gasteiger partial charge in [-0.3, -0.25) is 0 Å². The van der Waals surface area contributed by atoms with Crippen LogP contribution >= 0.6 is 0 Å². The van der Waals surface area contributed by atoms with Gasteiger partial charge in [0.25, 0.3) is 0 Å². The number of benzene rings is 2. The van der Waals surface area contributed by atoms with Crippen LogP contribution in [-0.4, -0.2) is 11.7 Å². The second-order valence-electron chi connectivity index (χ2n) is 6.64. The highest BCUT2D eigenvalue weighted by molar-refractivity contribution is 5.54. The van der Waals surface area contributed by atoms with E-state index < -0.39 is 0 Å². The van der Waals surface area contributed by atoms with Gasteiger partial charge in [-0.05, 0) is 72.7 Å². The minimum Gasteiger partial charge on any atom is -0.508 e. The SMILES string of the molecule is Cc1ccc([C@H]2c3cc(O)ccc3[C@H]3NCCC[C@@H]23)cc1N. The molecule has 114 valence electrons. The van der Waals surface area contributed by atoms with E-state index >= 15 is 0 Å². The average molecular weight is 294 g/mol. The molecule has 4 rings (SSSR count). The zero-order valence-corrected chi connectivity index (χ0v) is 12.8. The molecule has 3 atom stereocenters. The number of fused-ring (bicyclic) bond motifs is 3. The lowest BCUT2D eigenvalue weighted by Gasteiger charge is -2.31. The number of aromatic hydroxyl groups is 1. The number of nitrogens with two attached hydrogens (primary N) is 1. The van der Waals surface area contributed by atoms with Gasteiger partial charge >= 0.3 is 0 Å². The first-order chi connectivity index (χ1) is 10.6. The van der Waals surface area contributed by atoms with E-state index in [1.54, 1.807) is 6.07 Å². The predicted octanol–water partition coefficient (Wildman–Crippen LogP) is 3.47. The van der Waals surface area contributed by atoms with E-state index in [4.69, 9.17) is 5.73 Å². The van der Waals surface area contributed by atoms with Crippen molar-refractivity contribution < 1.29 is 5.11 Å². The van der Waals surface area contributed by atoms with Gasteiger partial charge in [-0.15, -0.1) is 0 Å². The number of anilines is 1. The van der Waals surface area contributed by atoms with Gasteiger partial charge in [0.05, 0.1) is 0 Å². The Morgan fingerprint density at radius 2 is 2.00 bits per heavy atom. The van der Waals surface area contributed by atoms with Gasteiger partial charge in [0.15, 0.2) is 0 Å². The number of phenols is 1. The fourth-order valence-corrected chi connectivity index (χ4v) is 4.24. The summed E-state index contributed by atoms with van der Waals surface area (Å²) >= 11 is 0. The molecular formula is C19H22N2O. The number of piperidine rings is 1. The second kappa shape index (κ2) is 5.03. The van der Waals surface area contributed by atoms with Crippen molar-refractivity contribution in [3.63, 3.8) is 0 Å². The molecule has 3 nitrogen and oxygen atoms in total. The van der Waals surface area contributed by atoms with E-state index in [0.717, 1.165) is 17.8 Å². The van der Waals surface area contributed by atoms with Crippen molar-refractivity contribution in [2.45, 2.75) is 31.7 Å². The lowest BCUT2D eigenvalue weighted by molar-refractivity contribution is 0.287. The minimum atomic E-state index is 0.322. The van der Waals surface area contributed by atoms with Gasteiger partial charge in [-0.2, -0.15) is 0 Å². The molecule has 0 bridgehead atoms. The van der Waals surface area contributed by atoms with Crippen LogP contribution in [0.4, 0.5) is 5.69 Å². The highest BCUT2D eigenvalue weighted by atomic mass is 16.3. The summed E-state index contributed by atoms with van der Waals surface area (Å²) in [7, 11) is 0. The van der Waals surface area contributed by atoms with Gasteiger partial charge in [0, 0.05) is 17.6 Å². The van der Waals surface area contributed by atoms with Crippen LogP contribution in [0, 0.1) is 12.8 Å². The number of hydrogen-bond donors (Lipinski definition) is 3. The summed E-state index contributed by atoms with van der Waals surface area (Å²) in [5.41, 5.74) is 12.0. The first-order valence-corrected chi connectivity index (χ1v) is 8.07. The Labute approximate surface area is 131 Å². The first-order valence-electron chi connectivity index (χ1n) is 8.07. The molecule has 0 spiro atoms. The topological polar surface area (TPSA) is 58.3 Å². The summed E-state index contributed by atoms with van der Waals surface area (Å²) in [5.74, 6) is 1.22. The summed E-state index contributed by atoms with van der Waals surface area (Å²) in [6.07, 6.45) is 2.42. The molecule has 2 aromatic carbocycles. The summed E-state index contributed by atoms with van der Waals surface area (Å²) in [5, 5.41) is 13.6. The zero-order chi connectivity index (χ0) is 15.3. The molecule has 0 radical (unpaired) electrons. The maximum atomic E-state index is 9.95. The van der Waals surface area contributed by atoms with Gasteiger partial charge < -0.3 is 16.2 Å². The first kappa shape index (κ1) is 13.6. The fraction of sp³-hybridized carbons (Fsp3) is 0.368. The van der Waals surface area contributed by atoms with Gasteiger partial charge in [-0.1, -0.05) is 18.2 Å². The van der Waals surface area contributed by atoms with Crippen LogP contribution in [0.25, 0.3) is 0 Å². The Hall–Kier alpha value is -2.00. The summed E-state index contributed by atoms with van der Waals surface area (Å²) < 4.78 is 0. The highest BCUT2D eigenvalue weighted by Gasteiger charge is 2.42. The maximum absolute atomic E-state index is 9.95. The lowest BCUT2D eigenvalue weighted by atomic mass is 9.80. The molecule has 0 aromatic heterocycles. The Kier molecular flexibility index (Phi) is 3.12. The molecule has 4 N–H and O–H groups in total. The highest BCUT2D eigenvalue weighted by Crippen LogP contribution is 2.52. The third kappa shape index (κ3) is 2.00. The van der Waals surface area contributed by atoms with Crippen LogP contribution in [0.2, 0.25) is 0 Å². The number of nitrogen functional groups attached to an aromatic ring is 1. The smallest absolute Gasteiger partial charge is 0.115 e. The van der Waals surface area contributed by atoms with Crippen molar-refractivity contribution in [2.75, 3.05) is 12.3 Å². The van der Waals surface area contributed by atoms with E-state index in [0.29, 0.717) is 23.6 Å². The van der Waals surface area contributed by atoms with Crippen molar-refractivity contribution in [1.29, 1.82) is 0 Å². The Morgan fingerprint density at radius 3 is 2.82 bits per heavy atom. The van der Waals surface area contributed by atoms with Crippen LogP contribution in [0.5, 0.6) is 5.75 Å². The molecule has 1 aliphatic heterocycles. The quantitative estimate of drug-likeness (QED) is 0.706. The van der Waals surface area contributed by atoms with Crippen molar-refractivity contribution in [3.8, 4) is 5.75 Å². The molecule has 0 unspecified atom stereocenters. The predicted molar refractivity (Wildman–Crippen MR) is 89.0 cm³/mol. The molecule has 1 fully saturated rings. The van der Waals surface area contributed by atoms with E-state index in [1.807, 2.05) is 13.0 Å². The number of hydrogen-bond acceptors (Lipinski definition) is 3. The van der Waals surface area contributed by atoms with E-state index in [9.17, 15) is 5.11 Å². The molecule has 2 aromatic rings. The van der Waals surface area contributed by atoms with Crippen LogP contribution < -0.4 is 11.1 Å². The molecular weight excluding hydrogens is 272 g/mol. The maximum Gasteiger partial charge on any atom is 0.115 e. The Balaban J connectivity index is 1.86. The normalized spacial score (nSPS) is 26.5. The minimum absolute atomic E-state index is 0.322. The van der Waals surface area contributed by atoms with Gasteiger partial charge in [0.1, 0.15) is 5.75 Å². The average Bonchev–Trinajstić information content (AvgIpc) is 2.83. The van der Waals surface area contributed by atoms with Crippen molar-refractivity contribution in [1.82, 2.24) is 5.32 Å². The monoisotopic (exact) mass is 294 g/mol. The molecule has 2 aliphatic rings. The third-order valence-electron chi connectivity index (χ3n) is 5.34. The standard InChI is InChI=1S/C19H22N2O/c1-11-4-5-12(9-17(11)20)18-15-3-2-8-21-19(15)14-7-6-13(22)10-16(14)18/h4-7,9-10,15,18-19,21-22H,2-3,8,20H2,1H3/t15-,18+,19+/m0/s1. The van der Waals surface area contributed by atoms with E-state index in [2.05, 4.69) is 29.6 Å². The van der Waals surface area contributed by atoms with Crippen molar-refractivity contribution >= 4 is 5.69 Å². The third-order valence-corrected chi connectivity index (χ3v) is 5.34. The van der Waals surface area contributed by atoms with E-state index in [-0.39, 0.29) is 0 Å². The second-order valence-corrected chi connectivity index (χ2v) is 6.64.